The van der Waals surface area contributed by atoms with Gasteiger partial charge in [0.25, 0.3) is 0 Å². The molecule has 2 aliphatic rings. The molecule has 0 aromatic rings. The molecule has 0 spiro atoms. The first-order valence-electron chi connectivity index (χ1n) is 5.83. The van der Waals surface area contributed by atoms with Crippen molar-refractivity contribution >= 4 is 17.8 Å². The van der Waals surface area contributed by atoms with E-state index in [2.05, 4.69) is 21.3 Å². The van der Waals surface area contributed by atoms with Crippen molar-refractivity contribution in [2.24, 2.45) is 5.10 Å². The Morgan fingerprint density at radius 2 is 2.18 bits per heavy atom. The van der Waals surface area contributed by atoms with Crippen LogP contribution in [-0.4, -0.2) is 35.4 Å². The van der Waals surface area contributed by atoms with E-state index in [-0.39, 0.29) is 12.1 Å². The molecule has 7 nitrogen and oxygen atoms in total. The summed E-state index contributed by atoms with van der Waals surface area (Å²) in [6.45, 7) is 2.09. The molecule has 1 fully saturated rings. The summed E-state index contributed by atoms with van der Waals surface area (Å²) in [5.74, 6) is 0. The van der Waals surface area contributed by atoms with Gasteiger partial charge in [-0.1, -0.05) is 12.8 Å². The van der Waals surface area contributed by atoms with E-state index in [1.165, 1.54) is 5.01 Å². The Morgan fingerprint density at radius 3 is 2.88 bits per heavy atom. The molecule has 0 unspecified atom stereocenters. The monoisotopic (exact) mass is 239 g/mol. The van der Waals surface area contributed by atoms with Crippen LogP contribution in [0.2, 0.25) is 0 Å². The highest BCUT2D eigenvalue weighted by Crippen LogP contribution is 2.17. The van der Waals surface area contributed by atoms with Gasteiger partial charge in [0, 0.05) is 6.04 Å². The molecule has 0 saturated heterocycles. The van der Waals surface area contributed by atoms with E-state index in [0.717, 1.165) is 31.4 Å². The summed E-state index contributed by atoms with van der Waals surface area (Å²) in [5.41, 5.74) is 5.57. The van der Waals surface area contributed by atoms with E-state index in [9.17, 15) is 9.59 Å². The van der Waals surface area contributed by atoms with Crippen molar-refractivity contribution in [2.45, 2.75) is 38.6 Å². The maximum atomic E-state index is 11.6. The van der Waals surface area contributed by atoms with Crippen molar-refractivity contribution < 1.29 is 9.59 Å². The van der Waals surface area contributed by atoms with Crippen LogP contribution in [0.25, 0.3) is 0 Å². The maximum absolute atomic E-state index is 11.6. The lowest BCUT2D eigenvalue weighted by Crippen LogP contribution is -2.57. The van der Waals surface area contributed by atoms with Crippen LogP contribution in [0, 0.1) is 0 Å². The second kappa shape index (κ2) is 5.03. The van der Waals surface area contributed by atoms with E-state index in [1.54, 1.807) is 6.92 Å². The van der Waals surface area contributed by atoms with Gasteiger partial charge in [-0.25, -0.2) is 25.4 Å². The van der Waals surface area contributed by atoms with Gasteiger partial charge in [0.15, 0.2) is 0 Å². The van der Waals surface area contributed by atoms with Gasteiger partial charge in [-0.15, -0.1) is 0 Å². The smallest absolute Gasteiger partial charge is 0.334 e. The predicted octanol–water partition coefficient (Wildman–Crippen LogP) is 0.544. The largest absolute Gasteiger partial charge is 0.356 e. The summed E-state index contributed by atoms with van der Waals surface area (Å²) < 4.78 is 0. The Bertz CT molecular complexity index is 349. The number of hydrogen-bond donors (Lipinski definition) is 3. The van der Waals surface area contributed by atoms with Crippen LogP contribution in [0.3, 0.4) is 0 Å². The minimum absolute atomic E-state index is 0.234. The molecule has 0 atom stereocenters. The molecular formula is C10H17N5O2. The molecule has 2 rings (SSSR count). The average molecular weight is 239 g/mol. The highest BCUT2D eigenvalue weighted by molar-refractivity contribution is 5.92. The number of hydrogen-bond acceptors (Lipinski definition) is 3. The number of nitrogens with one attached hydrogen (secondary N) is 3. The SMILES string of the molecule is CC1=NNC(=O)N(NC(=O)NC2CCCC2)C1. The molecule has 0 radical (unpaired) electrons. The number of rotatable bonds is 2. The zero-order valence-corrected chi connectivity index (χ0v) is 9.82. The van der Waals surface area contributed by atoms with Crippen molar-refractivity contribution in [2.75, 3.05) is 6.54 Å². The summed E-state index contributed by atoms with van der Waals surface area (Å²) in [7, 11) is 0. The van der Waals surface area contributed by atoms with Crippen LogP contribution in [0.15, 0.2) is 5.10 Å². The quantitative estimate of drug-likeness (QED) is 0.657. The molecule has 1 saturated carbocycles. The summed E-state index contributed by atoms with van der Waals surface area (Å²) >= 11 is 0. The second-order valence-electron chi connectivity index (χ2n) is 4.42. The summed E-state index contributed by atoms with van der Waals surface area (Å²) in [6.07, 6.45) is 4.34. The molecule has 0 aromatic heterocycles. The first-order chi connectivity index (χ1) is 8.15. The zero-order chi connectivity index (χ0) is 12.3. The molecule has 1 aliphatic carbocycles. The number of nitrogens with zero attached hydrogens (tertiary/aromatic N) is 2. The fraction of sp³-hybridized carbons (Fsp3) is 0.700. The fourth-order valence-electron chi connectivity index (χ4n) is 2.04. The highest BCUT2D eigenvalue weighted by atomic mass is 16.2. The molecule has 17 heavy (non-hydrogen) atoms. The molecule has 1 heterocycles. The number of carbonyl (C=O) groups is 2. The van der Waals surface area contributed by atoms with Crippen LogP contribution in [0.5, 0.6) is 0 Å². The van der Waals surface area contributed by atoms with E-state index in [0.29, 0.717) is 6.54 Å². The van der Waals surface area contributed by atoms with Crippen molar-refractivity contribution in [1.29, 1.82) is 0 Å². The minimum atomic E-state index is -0.419. The van der Waals surface area contributed by atoms with Gasteiger partial charge in [-0.05, 0) is 19.8 Å². The predicted molar refractivity (Wildman–Crippen MR) is 62.3 cm³/mol. The van der Waals surface area contributed by atoms with E-state index in [1.807, 2.05) is 0 Å². The fourth-order valence-corrected chi connectivity index (χ4v) is 2.04. The molecule has 0 bridgehead atoms. The first kappa shape index (κ1) is 11.7. The highest BCUT2D eigenvalue weighted by Gasteiger charge is 2.22. The van der Waals surface area contributed by atoms with Crippen LogP contribution < -0.4 is 16.2 Å². The third kappa shape index (κ3) is 3.08. The number of hydrazone groups is 1. The van der Waals surface area contributed by atoms with Crippen LogP contribution >= 0.6 is 0 Å². The zero-order valence-electron chi connectivity index (χ0n) is 9.82. The lowest BCUT2D eigenvalue weighted by molar-refractivity contribution is 0.171. The number of hydrazine groups is 1. The van der Waals surface area contributed by atoms with Gasteiger partial charge in [0.05, 0.1) is 12.3 Å². The maximum Gasteiger partial charge on any atom is 0.356 e. The number of urea groups is 2. The standard InChI is InChI=1S/C10H17N5O2/c1-7-6-15(10(17)13-12-7)14-9(16)11-8-4-2-3-5-8/h8H,2-6H2,1H3,(H,13,17)(H2,11,14,16). The van der Waals surface area contributed by atoms with Gasteiger partial charge >= 0.3 is 12.1 Å². The van der Waals surface area contributed by atoms with Crippen molar-refractivity contribution in [3.05, 3.63) is 0 Å². The Balaban J connectivity index is 1.81. The molecule has 3 N–H and O–H groups in total. The Labute approximate surface area is 99.6 Å². The number of carbonyl (C=O) groups excluding carboxylic acids is 2. The third-order valence-corrected chi connectivity index (χ3v) is 2.90. The van der Waals surface area contributed by atoms with Gasteiger partial charge < -0.3 is 5.32 Å². The molecule has 0 aromatic carbocycles. The van der Waals surface area contributed by atoms with Crippen molar-refractivity contribution in [1.82, 2.24) is 21.2 Å². The molecule has 4 amide bonds. The van der Waals surface area contributed by atoms with Crippen molar-refractivity contribution in [3.63, 3.8) is 0 Å². The van der Waals surface area contributed by atoms with Crippen LogP contribution in [0.1, 0.15) is 32.6 Å². The lowest BCUT2D eigenvalue weighted by atomic mass is 10.3. The minimum Gasteiger partial charge on any atom is -0.334 e. The number of amides is 4. The molecule has 94 valence electrons. The van der Waals surface area contributed by atoms with Gasteiger partial charge in [0.1, 0.15) is 0 Å². The van der Waals surface area contributed by atoms with Crippen LogP contribution in [0.4, 0.5) is 9.59 Å². The average Bonchev–Trinajstić information content (AvgIpc) is 2.76. The van der Waals surface area contributed by atoms with Gasteiger partial charge in [-0.2, -0.15) is 5.10 Å². The molecule has 1 aliphatic heterocycles. The lowest BCUT2D eigenvalue weighted by Gasteiger charge is -2.26. The van der Waals surface area contributed by atoms with E-state index < -0.39 is 6.03 Å². The second-order valence-corrected chi connectivity index (χ2v) is 4.42. The van der Waals surface area contributed by atoms with E-state index >= 15 is 0 Å². The van der Waals surface area contributed by atoms with Gasteiger partial charge in [0.2, 0.25) is 0 Å². The summed E-state index contributed by atoms with van der Waals surface area (Å²) in [6, 6.07) is -0.517. The van der Waals surface area contributed by atoms with E-state index in [4.69, 9.17) is 0 Å². The molecule has 7 heteroatoms. The Kier molecular flexibility index (Phi) is 3.46. The Morgan fingerprint density at radius 1 is 1.47 bits per heavy atom. The normalized spacial score (nSPS) is 20.9. The Hall–Kier alpha value is -1.79. The first-order valence-corrected chi connectivity index (χ1v) is 5.83. The van der Waals surface area contributed by atoms with Gasteiger partial charge in [-0.3, -0.25) is 0 Å². The van der Waals surface area contributed by atoms with Crippen molar-refractivity contribution in [3.8, 4) is 0 Å². The summed E-state index contributed by atoms with van der Waals surface area (Å²) in [5, 5.41) is 7.84. The summed E-state index contributed by atoms with van der Waals surface area (Å²) in [4.78, 5) is 23.0. The third-order valence-electron chi connectivity index (χ3n) is 2.90. The molecular weight excluding hydrogens is 222 g/mol. The van der Waals surface area contributed by atoms with Crippen LogP contribution in [-0.2, 0) is 0 Å². The topological polar surface area (TPSA) is 85.8 Å².